The molecule has 0 aliphatic heterocycles. The summed E-state index contributed by atoms with van der Waals surface area (Å²) in [5.41, 5.74) is 0. The molecule has 1 aromatic rings. The van der Waals surface area contributed by atoms with E-state index in [-0.39, 0.29) is 5.91 Å². The fourth-order valence-corrected chi connectivity index (χ4v) is 1.53. The molecule has 0 atom stereocenters. The van der Waals surface area contributed by atoms with E-state index in [1.807, 2.05) is 35.5 Å². The minimum Gasteiger partial charge on any atom is -0.346 e. The summed E-state index contributed by atoms with van der Waals surface area (Å²) in [7, 11) is 1.89. The molecule has 15 heavy (non-hydrogen) atoms. The van der Waals surface area contributed by atoms with E-state index in [1.165, 1.54) is 0 Å². The molecule has 0 radical (unpaired) electrons. The Labute approximate surface area is 90.9 Å². The zero-order valence-corrected chi connectivity index (χ0v) is 9.79. The van der Waals surface area contributed by atoms with Gasteiger partial charge in [-0.1, -0.05) is 13.3 Å². The predicted molar refractivity (Wildman–Crippen MR) is 58.5 cm³/mol. The number of hydrogen-bond acceptors (Lipinski definition) is 1. The molecule has 0 aliphatic rings. The van der Waals surface area contributed by atoms with E-state index in [0.717, 1.165) is 25.9 Å². The summed E-state index contributed by atoms with van der Waals surface area (Å²) in [5.74, 6) is 0.728. The Kier molecular flexibility index (Phi) is 4.34. The highest BCUT2D eigenvalue weighted by Crippen LogP contribution is 1.95. The number of nitrogens with zero attached hydrogens (tertiary/aromatic N) is 2. The summed E-state index contributed by atoms with van der Waals surface area (Å²) in [6.07, 6.45) is 5.95. The van der Waals surface area contributed by atoms with Gasteiger partial charge in [-0.05, 0) is 13.3 Å². The minimum atomic E-state index is 0.0119. The number of carbonyl (C=O) groups excluding carboxylic acids is 1. The van der Waals surface area contributed by atoms with Crippen molar-refractivity contribution in [2.45, 2.75) is 33.2 Å². The number of rotatable bonds is 5. The van der Waals surface area contributed by atoms with E-state index in [2.05, 4.69) is 12.2 Å². The summed E-state index contributed by atoms with van der Waals surface area (Å²) in [5, 5.41) is 2.92. The van der Waals surface area contributed by atoms with Crippen molar-refractivity contribution in [3.63, 3.8) is 0 Å². The molecular formula is C11H20N3O+. The zero-order valence-electron chi connectivity index (χ0n) is 9.79. The molecule has 0 aliphatic carbocycles. The van der Waals surface area contributed by atoms with Gasteiger partial charge < -0.3 is 5.32 Å². The second-order valence-electron chi connectivity index (χ2n) is 3.63. The van der Waals surface area contributed by atoms with Crippen LogP contribution in [0.15, 0.2) is 12.4 Å². The van der Waals surface area contributed by atoms with Crippen LogP contribution in [-0.4, -0.2) is 17.0 Å². The Morgan fingerprint density at radius 3 is 2.87 bits per heavy atom. The van der Waals surface area contributed by atoms with Gasteiger partial charge in [0, 0.05) is 6.54 Å². The van der Waals surface area contributed by atoms with E-state index in [4.69, 9.17) is 0 Å². The molecule has 0 aromatic carbocycles. The van der Waals surface area contributed by atoms with Crippen molar-refractivity contribution in [2.24, 2.45) is 7.05 Å². The average molecular weight is 210 g/mol. The van der Waals surface area contributed by atoms with Crippen LogP contribution in [0.3, 0.4) is 0 Å². The highest BCUT2D eigenvalue weighted by atomic mass is 16.2. The molecule has 0 unspecified atom stereocenters. The highest BCUT2D eigenvalue weighted by molar-refractivity contribution is 5.89. The Hall–Kier alpha value is -1.32. The highest BCUT2D eigenvalue weighted by Gasteiger charge is 2.21. The Morgan fingerprint density at radius 1 is 1.53 bits per heavy atom. The van der Waals surface area contributed by atoms with Crippen molar-refractivity contribution < 1.29 is 9.36 Å². The maximum atomic E-state index is 11.8. The molecule has 1 heterocycles. The van der Waals surface area contributed by atoms with Crippen LogP contribution in [0.1, 0.15) is 37.3 Å². The van der Waals surface area contributed by atoms with E-state index < -0.39 is 0 Å². The SMILES string of the molecule is CCCCNC(=O)c1n(CC)cc[n+]1C. The van der Waals surface area contributed by atoms with Crippen molar-refractivity contribution in [3.8, 4) is 0 Å². The Bertz CT molecular complexity index is 331. The van der Waals surface area contributed by atoms with E-state index >= 15 is 0 Å². The second-order valence-corrected chi connectivity index (χ2v) is 3.63. The molecule has 1 N–H and O–H groups in total. The van der Waals surface area contributed by atoms with Crippen LogP contribution in [0.2, 0.25) is 0 Å². The largest absolute Gasteiger partial charge is 0.347 e. The van der Waals surface area contributed by atoms with Gasteiger partial charge in [0.1, 0.15) is 12.4 Å². The van der Waals surface area contributed by atoms with Gasteiger partial charge >= 0.3 is 11.7 Å². The lowest BCUT2D eigenvalue weighted by molar-refractivity contribution is -0.673. The summed E-state index contributed by atoms with van der Waals surface area (Å²) < 4.78 is 3.80. The molecule has 1 rings (SSSR count). The van der Waals surface area contributed by atoms with Gasteiger partial charge in [0.15, 0.2) is 0 Å². The Balaban J connectivity index is 2.67. The molecule has 84 valence electrons. The minimum absolute atomic E-state index is 0.0119. The van der Waals surface area contributed by atoms with Crippen LogP contribution in [-0.2, 0) is 13.6 Å². The number of aromatic nitrogens is 2. The van der Waals surface area contributed by atoms with Crippen LogP contribution >= 0.6 is 0 Å². The first-order valence-corrected chi connectivity index (χ1v) is 5.53. The normalized spacial score (nSPS) is 10.3. The van der Waals surface area contributed by atoms with Crippen molar-refractivity contribution in [1.82, 2.24) is 9.88 Å². The molecular weight excluding hydrogens is 190 g/mol. The molecule has 0 fully saturated rings. The van der Waals surface area contributed by atoms with Gasteiger partial charge in [0.05, 0.1) is 13.6 Å². The molecule has 1 amide bonds. The molecule has 0 saturated carbocycles. The van der Waals surface area contributed by atoms with Crippen LogP contribution in [0.4, 0.5) is 0 Å². The maximum Gasteiger partial charge on any atom is 0.347 e. The lowest BCUT2D eigenvalue weighted by atomic mass is 10.3. The lowest BCUT2D eigenvalue weighted by Crippen LogP contribution is -2.40. The number of carbonyl (C=O) groups is 1. The van der Waals surface area contributed by atoms with Gasteiger partial charge in [0.2, 0.25) is 0 Å². The maximum absolute atomic E-state index is 11.8. The van der Waals surface area contributed by atoms with E-state index in [9.17, 15) is 4.79 Å². The fraction of sp³-hybridized carbons (Fsp3) is 0.636. The van der Waals surface area contributed by atoms with Gasteiger partial charge in [0.25, 0.3) is 0 Å². The van der Waals surface area contributed by atoms with Crippen molar-refractivity contribution in [1.29, 1.82) is 0 Å². The third kappa shape index (κ3) is 2.81. The van der Waals surface area contributed by atoms with Crippen molar-refractivity contribution >= 4 is 5.91 Å². The van der Waals surface area contributed by atoms with Crippen LogP contribution in [0.5, 0.6) is 0 Å². The first-order chi connectivity index (χ1) is 7.20. The lowest BCUT2D eigenvalue weighted by Gasteiger charge is -2.02. The first kappa shape index (κ1) is 11.8. The zero-order chi connectivity index (χ0) is 11.3. The average Bonchev–Trinajstić information content (AvgIpc) is 2.59. The van der Waals surface area contributed by atoms with Crippen LogP contribution in [0, 0.1) is 0 Å². The molecule has 0 bridgehead atoms. The topological polar surface area (TPSA) is 37.9 Å². The smallest absolute Gasteiger partial charge is 0.346 e. The number of aryl methyl sites for hydroxylation is 2. The monoisotopic (exact) mass is 210 g/mol. The number of amides is 1. The van der Waals surface area contributed by atoms with Gasteiger partial charge in [-0.15, -0.1) is 0 Å². The number of imidazole rings is 1. The number of nitrogens with one attached hydrogen (secondary N) is 1. The third-order valence-corrected chi connectivity index (χ3v) is 2.44. The van der Waals surface area contributed by atoms with E-state index in [0.29, 0.717) is 5.82 Å². The molecule has 0 spiro atoms. The Morgan fingerprint density at radius 2 is 2.27 bits per heavy atom. The van der Waals surface area contributed by atoms with Crippen molar-refractivity contribution in [2.75, 3.05) is 6.54 Å². The quantitative estimate of drug-likeness (QED) is 0.568. The fourth-order valence-electron chi connectivity index (χ4n) is 1.53. The molecule has 4 nitrogen and oxygen atoms in total. The summed E-state index contributed by atoms with van der Waals surface area (Å²) >= 11 is 0. The summed E-state index contributed by atoms with van der Waals surface area (Å²) in [6.45, 7) is 5.71. The summed E-state index contributed by atoms with van der Waals surface area (Å²) in [6, 6.07) is 0. The van der Waals surface area contributed by atoms with E-state index in [1.54, 1.807) is 0 Å². The first-order valence-electron chi connectivity index (χ1n) is 5.53. The van der Waals surface area contributed by atoms with Gasteiger partial charge in [-0.25, -0.2) is 9.13 Å². The van der Waals surface area contributed by atoms with Crippen LogP contribution in [0.25, 0.3) is 0 Å². The standard InChI is InChI=1S/C11H19N3O/c1-4-6-7-12-10(15)11-13(3)8-9-14(11)5-2/h8-9H,4-7H2,1-3H3/p+1. The molecule has 0 saturated heterocycles. The van der Waals surface area contributed by atoms with Crippen molar-refractivity contribution in [3.05, 3.63) is 18.2 Å². The third-order valence-electron chi connectivity index (χ3n) is 2.44. The number of unbranched alkanes of at least 4 members (excludes halogenated alkanes) is 1. The van der Waals surface area contributed by atoms with Gasteiger partial charge in [-0.3, -0.25) is 4.79 Å². The van der Waals surface area contributed by atoms with Gasteiger partial charge in [-0.2, -0.15) is 0 Å². The van der Waals surface area contributed by atoms with Crippen LogP contribution < -0.4 is 9.88 Å². The number of hydrogen-bond donors (Lipinski definition) is 1. The molecule has 4 heteroatoms. The second kappa shape index (κ2) is 5.53. The summed E-state index contributed by atoms with van der Waals surface area (Å²) in [4.78, 5) is 11.8. The molecule has 1 aromatic heterocycles. The predicted octanol–water partition coefficient (Wildman–Crippen LogP) is 0.862.